The Balaban J connectivity index is 1.52. The normalized spacial score (nSPS) is 11.3. The molecule has 0 aliphatic rings. The number of hydrogen-bond donors (Lipinski definition) is 1. The fraction of sp³-hybridized carbons (Fsp3) is 0.125. The first kappa shape index (κ1) is 19.3. The van der Waals surface area contributed by atoms with Gasteiger partial charge in [0.25, 0.3) is 5.56 Å². The number of para-hydroxylation sites is 1. The lowest BCUT2D eigenvalue weighted by molar-refractivity contribution is 0.0972. The van der Waals surface area contributed by atoms with Gasteiger partial charge in [0.1, 0.15) is 10.6 Å². The largest absolute Gasteiger partial charge is 0.494 e. The summed E-state index contributed by atoms with van der Waals surface area (Å²) in [4.78, 5) is 34.4. The molecule has 0 unspecified atom stereocenters. The van der Waals surface area contributed by atoms with E-state index in [2.05, 4.69) is 9.97 Å². The molecular weight excluding hydrogens is 410 g/mol. The van der Waals surface area contributed by atoms with Gasteiger partial charge in [-0.25, -0.2) is 4.98 Å². The molecule has 0 fully saturated rings. The lowest BCUT2D eigenvalue weighted by Gasteiger charge is -2.07. The van der Waals surface area contributed by atoms with Crippen molar-refractivity contribution in [2.75, 3.05) is 6.61 Å². The molecule has 0 saturated carbocycles. The predicted octanol–water partition coefficient (Wildman–Crippen LogP) is 4.89. The first-order valence-corrected chi connectivity index (χ1v) is 10.8. The minimum Gasteiger partial charge on any atom is -0.494 e. The van der Waals surface area contributed by atoms with E-state index < -0.39 is 0 Å². The maximum Gasteiger partial charge on any atom is 0.263 e. The summed E-state index contributed by atoms with van der Waals surface area (Å²) in [6.07, 6.45) is 3.15. The van der Waals surface area contributed by atoms with Gasteiger partial charge in [0.15, 0.2) is 5.78 Å². The van der Waals surface area contributed by atoms with E-state index in [0.29, 0.717) is 22.4 Å². The molecule has 2 aromatic carbocycles. The maximum atomic E-state index is 13.3. The van der Waals surface area contributed by atoms with E-state index in [0.717, 1.165) is 27.8 Å². The third-order valence-corrected chi connectivity index (χ3v) is 6.13. The molecule has 0 radical (unpaired) electrons. The van der Waals surface area contributed by atoms with Crippen molar-refractivity contribution in [3.63, 3.8) is 0 Å². The molecule has 0 spiro atoms. The Morgan fingerprint density at radius 1 is 1.16 bits per heavy atom. The van der Waals surface area contributed by atoms with Crippen LogP contribution in [0.2, 0.25) is 0 Å². The van der Waals surface area contributed by atoms with Gasteiger partial charge >= 0.3 is 0 Å². The summed E-state index contributed by atoms with van der Waals surface area (Å²) < 4.78 is 6.89. The van der Waals surface area contributed by atoms with E-state index in [1.54, 1.807) is 6.20 Å². The molecular formula is C24H19N3O3S. The number of hydrogen-bond acceptors (Lipinski definition) is 5. The number of thiophene rings is 1. The fourth-order valence-electron chi connectivity index (χ4n) is 3.73. The summed E-state index contributed by atoms with van der Waals surface area (Å²) in [6.45, 7) is 2.47. The Kier molecular flexibility index (Phi) is 4.88. The number of nitrogens with one attached hydrogen (secondary N) is 1. The van der Waals surface area contributed by atoms with Crippen LogP contribution in [0.1, 0.15) is 17.3 Å². The number of aromatic nitrogens is 3. The number of ketones is 1. The SMILES string of the molecule is CCOc1ccc(-c2csc3ncn(CC(=O)c4c[nH]c5ccccc45)c(=O)c23)cc1. The second-order valence-electron chi connectivity index (χ2n) is 7.14. The van der Waals surface area contributed by atoms with Crippen molar-refractivity contribution in [3.05, 3.63) is 82.4 Å². The molecule has 0 aliphatic heterocycles. The zero-order chi connectivity index (χ0) is 21.4. The number of ether oxygens (including phenoxy) is 1. The molecule has 0 bridgehead atoms. The Morgan fingerprint density at radius 3 is 2.77 bits per heavy atom. The second kappa shape index (κ2) is 7.85. The minimum atomic E-state index is -0.219. The summed E-state index contributed by atoms with van der Waals surface area (Å²) >= 11 is 1.42. The number of Topliss-reactive ketones (excluding diaryl/α,β-unsaturated/α-hetero) is 1. The van der Waals surface area contributed by atoms with Crippen molar-refractivity contribution in [2.45, 2.75) is 13.5 Å². The Labute approximate surface area is 181 Å². The molecule has 3 aromatic heterocycles. The highest BCUT2D eigenvalue weighted by atomic mass is 32.1. The molecule has 0 atom stereocenters. The summed E-state index contributed by atoms with van der Waals surface area (Å²) in [5.74, 6) is 0.643. The molecule has 5 rings (SSSR count). The molecule has 0 saturated heterocycles. The highest BCUT2D eigenvalue weighted by molar-refractivity contribution is 7.17. The lowest BCUT2D eigenvalue weighted by atomic mass is 10.1. The smallest absolute Gasteiger partial charge is 0.263 e. The van der Waals surface area contributed by atoms with Gasteiger partial charge in [-0.3, -0.25) is 14.2 Å². The second-order valence-corrected chi connectivity index (χ2v) is 7.99. The average molecular weight is 430 g/mol. The van der Waals surface area contributed by atoms with Gasteiger partial charge in [0, 0.05) is 33.6 Å². The van der Waals surface area contributed by atoms with Crippen LogP contribution in [0.25, 0.3) is 32.2 Å². The summed E-state index contributed by atoms with van der Waals surface area (Å²) in [5, 5.41) is 3.31. The Morgan fingerprint density at radius 2 is 1.97 bits per heavy atom. The Hall–Kier alpha value is -3.71. The molecule has 0 amide bonds. The van der Waals surface area contributed by atoms with Crippen LogP contribution in [0.5, 0.6) is 5.75 Å². The van der Waals surface area contributed by atoms with E-state index in [1.165, 1.54) is 22.2 Å². The van der Waals surface area contributed by atoms with E-state index in [1.807, 2.05) is 60.8 Å². The van der Waals surface area contributed by atoms with E-state index in [4.69, 9.17) is 4.74 Å². The van der Waals surface area contributed by atoms with Crippen LogP contribution >= 0.6 is 11.3 Å². The van der Waals surface area contributed by atoms with Crippen LogP contribution in [-0.4, -0.2) is 26.9 Å². The molecule has 1 N–H and O–H groups in total. The van der Waals surface area contributed by atoms with Crippen molar-refractivity contribution < 1.29 is 9.53 Å². The maximum absolute atomic E-state index is 13.3. The van der Waals surface area contributed by atoms with Gasteiger partial charge in [-0.05, 0) is 30.7 Å². The lowest BCUT2D eigenvalue weighted by Crippen LogP contribution is -2.24. The number of carbonyl (C=O) groups excluding carboxylic acids is 1. The van der Waals surface area contributed by atoms with Gasteiger partial charge in [0.2, 0.25) is 0 Å². The van der Waals surface area contributed by atoms with Gasteiger partial charge < -0.3 is 9.72 Å². The Bertz CT molecular complexity index is 1460. The third-order valence-electron chi connectivity index (χ3n) is 5.24. The number of H-pyrrole nitrogens is 1. The van der Waals surface area contributed by atoms with Crippen LogP contribution in [-0.2, 0) is 6.54 Å². The summed E-state index contributed by atoms with van der Waals surface area (Å²) in [5.41, 5.74) is 2.97. The minimum absolute atomic E-state index is 0.0673. The molecule has 31 heavy (non-hydrogen) atoms. The first-order chi connectivity index (χ1) is 15.2. The number of benzene rings is 2. The number of fused-ring (bicyclic) bond motifs is 2. The topological polar surface area (TPSA) is 77.0 Å². The van der Waals surface area contributed by atoms with Crippen LogP contribution in [0.15, 0.2) is 71.2 Å². The molecule has 7 heteroatoms. The number of aromatic amines is 1. The van der Waals surface area contributed by atoms with Gasteiger partial charge in [-0.1, -0.05) is 30.3 Å². The number of rotatable bonds is 6. The molecule has 5 aromatic rings. The van der Waals surface area contributed by atoms with Gasteiger partial charge in [0.05, 0.1) is 24.9 Å². The summed E-state index contributed by atoms with van der Waals surface area (Å²) in [6, 6.07) is 15.2. The zero-order valence-electron chi connectivity index (χ0n) is 16.8. The third kappa shape index (κ3) is 3.43. The monoisotopic (exact) mass is 429 g/mol. The van der Waals surface area contributed by atoms with Crippen LogP contribution in [0.3, 0.4) is 0 Å². The quantitative estimate of drug-likeness (QED) is 0.390. The van der Waals surface area contributed by atoms with Crippen molar-refractivity contribution in [1.82, 2.24) is 14.5 Å². The first-order valence-electron chi connectivity index (χ1n) is 9.95. The van der Waals surface area contributed by atoms with Gasteiger partial charge in [-0.15, -0.1) is 11.3 Å². The number of nitrogens with zero attached hydrogens (tertiary/aromatic N) is 2. The molecule has 0 aliphatic carbocycles. The van der Waals surface area contributed by atoms with Crippen LogP contribution in [0, 0.1) is 0 Å². The fourth-order valence-corrected chi connectivity index (χ4v) is 4.64. The highest BCUT2D eigenvalue weighted by Crippen LogP contribution is 2.31. The molecule has 6 nitrogen and oxygen atoms in total. The van der Waals surface area contributed by atoms with Crippen LogP contribution < -0.4 is 10.3 Å². The van der Waals surface area contributed by atoms with Crippen molar-refractivity contribution in [1.29, 1.82) is 0 Å². The van der Waals surface area contributed by atoms with E-state index in [-0.39, 0.29) is 17.9 Å². The zero-order valence-corrected chi connectivity index (χ0v) is 17.6. The average Bonchev–Trinajstić information content (AvgIpc) is 3.41. The molecule has 154 valence electrons. The van der Waals surface area contributed by atoms with Crippen molar-refractivity contribution in [3.8, 4) is 16.9 Å². The van der Waals surface area contributed by atoms with Crippen LogP contribution in [0.4, 0.5) is 0 Å². The highest BCUT2D eigenvalue weighted by Gasteiger charge is 2.17. The van der Waals surface area contributed by atoms with Gasteiger partial charge in [-0.2, -0.15) is 0 Å². The van der Waals surface area contributed by atoms with E-state index in [9.17, 15) is 9.59 Å². The van der Waals surface area contributed by atoms with Crippen molar-refractivity contribution in [2.24, 2.45) is 0 Å². The van der Waals surface area contributed by atoms with Crippen molar-refractivity contribution >= 4 is 38.2 Å². The standard InChI is InChI=1S/C24H19N3O3S/c1-2-30-16-9-7-15(8-10-16)19-13-31-23-22(19)24(29)27(14-26-23)12-21(28)18-11-25-20-6-4-3-5-17(18)20/h3-11,13-14,25H,2,12H2,1H3. The molecule has 3 heterocycles. The predicted molar refractivity (Wildman–Crippen MR) is 123 cm³/mol. The van der Waals surface area contributed by atoms with E-state index >= 15 is 0 Å². The number of carbonyl (C=O) groups is 1. The summed E-state index contributed by atoms with van der Waals surface area (Å²) in [7, 11) is 0.